The first-order chi connectivity index (χ1) is 11.2. The predicted molar refractivity (Wildman–Crippen MR) is 89.9 cm³/mol. The highest BCUT2D eigenvalue weighted by molar-refractivity contribution is 5.86. The molecule has 2 aromatic carbocycles. The zero-order chi connectivity index (χ0) is 16.4. The highest BCUT2D eigenvalue weighted by atomic mass is 16.5. The van der Waals surface area contributed by atoms with E-state index in [-0.39, 0.29) is 0 Å². The second-order valence-electron chi connectivity index (χ2n) is 5.26. The summed E-state index contributed by atoms with van der Waals surface area (Å²) in [5, 5.41) is 0. The van der Waals surface area contributed by atoms with Gasteiger partial charge in [0.2, 0.25) is 5.75 Å². The lowest BCUT2D eigenvalue weighted by Gasteiger charge is -2.15. The summed E-state index contributed by atoms with van der Waals surface area (Å²) in [6.45, 7) is 0. The minimum atomic E-state index is 0.600. The normalized spacial score (nSPS) is 12.4. The third kappa shape index (κ3) is 2.61. The molecule has 1 aliphatic rings. The second-order valence-corrected chi connectivity index (χ2v) is 5.26. The Morgan fingerprint density at radius 2 is 1.48 bits per heavy atom. The highest BCUT2D eigenvalue weighted by Crippen LogP contribution is 2.43. The number of allylic oxidation sites excluding steroid dienone is 1. The fourth-order valence-corrected chi connectivity index (χ4v) is 2.94. The summed E-state index contributed by atoms with van der Waals surface area (Å²) in [6.07, 6.45) is 3.12. The first kappa shape index (κ1) is 15.3. The number of methoxy groups -OCH3 is 4. The molecule has 0 aromatic heterocycles. The first-order valence-electron chi connectivity index (χ1n) is 7.39. The van der Waals surface area contributed by atoms with Crippen LogP contribution in [0.1, 0.15) is 16.7 Å². The Labute approximate surface area is 136 Å². The van der Waals surface area contributed by atoms with Gasteiger partial charge in [0.1, 0.15) is 5.75 Å². The van der Waals surface area contributed by atoms with E-state index >= 15 is 0 Å². The van der Waals surface area contributed by atoms with Gasteiger partial charge in [0.05, 0.1) is 28.4 Å². The van der Waals surface area contributed by atoms with Crippen molar-refractivity contribution in [3.05, 3.63) is 53.1 Å². The van der Waals surface area contributed by atoms with Gasteiger partial charge in [-0.1, -0.05) is 12.1 Å². The Balaban J connectivity index is 2.11. The minimum Gasteiger partial charge on any atom is -0.497 e. The van der Waals surface area contributed by atoms with E-state index in [9.17, 15) is 0 Å². The van der Waals surface area contributed by atoms with E-state index in [1.165, 1.54) is 11.1 Å². The second kappa shape index (κ2) is 6.24. The predicted octanol–water partition coefficient (Wildman–Crippen LogP) is 3.71. The van der Waals surface area contributed by atoms with Gasteiger partial charge in [-0.05, 0) is 52.9 Å². The van der Waals surface area contributed by atoms with Gasteiger partial charge in [-0.25, -0.2) is 0 Å². The molecule has 4 nitrogen and oxygen atoms in total. The smallest absolute Gasteiger partial charge is 0.203 e. The third-order valence-electron chi connectivity index (χ3n) is 4.11. The number of hydrogen-bond acceptors (Lipinski definition) is 4. The summed E-state index contributed by atoms with van der Waals surface area (Å²) in [5.41, 5.74) is 4.65. The van der Waals surface area contributed by atoms with Crippen molar-refractivity contribution in [1.82, 2.24) is 0 Å². The van der Waals surface area contributed by atoms with Gasteiger partial charge in [0, 0.05) is 0 Å². The average Bonchev–Trinajstić information content (AvgIpc) is 3.03. The van der Waals surface area contributed by atoms with Gasteiger partial charge in [0.25, 0.3) is 0 Å². The lowest BCUT2D eigenvalue weighted by Crippen LogP contribution is -1.97. The maximum Gasteiger partial charge on any atom is 0.203 e. The molecule has 0 atom stereocenters. The molecule has 0 amide bonds. The molecule has 0 fully saturated rings. The van der Waals surface area contributed by atoms with E-state index in [0.29, 0.717) is 17.2 Å². The largest absolute Gasteiger partial charge is 0.497 e. The maximum absolute atomic E-state index is 5.45. The zero-order valence-electron chi connectivity index (χ0n) is 13.8. The van der Waals surface area contributed by atoms with Crippen LogP contribution in [0.15, 0.2) is 36.4 Å². The fraction of sp³-hybridized carbons (Fsp3) is 0.263. The van der Waals surface area contributed by atoms with E-state index < -0.39 is 0 Å². The maximum atomic E-state index is 5.45. The summed E-state index contributed by atoms with van der Waals surface area (Å²) in [6, 6.07) is 10.1. The van der Waals surface area contributed by atoms with Crippen LogP contribution in [-0.4, -0.2) is 28.4 Å². The molecule has 0 N–H and O–H groups in total. The van der Waals surface area contributed by atoms with E-state index in [1.54, 1.807) is 28.4 Å². The number of ether oxygens (including phenoxy) is 4. The molecular formula is C19H20O4. The monoisotopic (exact) mass is 312 g/mol. The van der Waals surface area contributed by atoms with Crippen molar-refractivity contribution in [2.45, 2.75) is 6.42 Å². The Kier molecular flexibility index (Phi) is 4.15. The van der Waals surface area contributed by atoms with Crippen LogP contribution < -0.4 is 18.9 Å². The van der Waals surface area contributed by atoms with E-state index in [1.807, 2.05) is 18.2 Å². The summed E-state index contributed by atoms with van der Waals surface area (Å²) < 4.78 is 21.7. The minimum absolute atomic E-state index is 0.600. The molecule has 23 heavy (non-hydrogen) atoms. The summed E-state index contributed by atoms with van der Waals surface area (Å²) >= 11 is 0. The Bertz CT molecular complexity index is 737. The highest BCUT2D eigenvalue weighted by Gasteiger charge is 2.20. The number of hydrogen-bond donors (Lipinski definition) is 0. The van der Waals surface area contributed by atoms with E-state index in [2.05, 4.69) is 18.2 Å². The number of benzene rings is 2. The van der Waals surface area contributed by atoms with Crippen molar-refractivity contribution in [2.24, 2.45) is 0 Å². The lowest BCUT2D eigenvalue weighted by molar-refractivity contribution is 0.324. The Morgan fingerprint density at radius 1 is 0.783 bits per heavy atom. The first-order valence-corrected chi connectivity index (χ1v) is 7.39. The SMILES string of the molecule is COc1ccc2c(c1)C(c1cc(OC)c(OC)c(OC)c1)=CC2. The van der Waals surface area contributed by atoms with Crippen molar-refractivity contribution < 1.29 is 18.9 Å². The number of fused-ring (bicyclic) bond motifs is 1. The molecule has 1 aliphatic carbocycles. The van der Waals surface area contributed by atoms with Crippen LogP contribution in [0.25, 0.3) is 5.57 Å². The molecule has 0 heterocycles. The van der Waals surface area contributed by atoms with Gasteiger partial charge >= 0.3 is 0 Å². The van der Waals surface area contributed by atoms with E-state index in [0.717, 1.165) is 23.3 Å². The quantitative estimate of drug-likeness (QED) is 0.843. The zero-order valence-corrected chi connectivity index (χ0v) is 13.8. The van der Waals surface area contributed by atoms with Crippen molar-refractivity contribution in [2.75, 3.05) is 28.4 Å². The Hall–Kier alpha value is -2.62. The van der Waals surface area contributed by atoms with Crippen molar-refractivity contribution in [3.8, 4) is 23.0 Å². The van der Waals surface area contributed by atoms with Crippen LogP contribution in [-0.2, 0) is 6.42 Å². The van der Waals surface area contributed by atoms with Crippen LogP contribution in [0.5, 0.6) is 23.0 Å². The van der Waals surface area contributed by atoms with Crippen LogP contribution in [0.4, 0.5) is 0 Å². The molecule has 3 rings (SSSR count). The molecule has 0 radical (unpaired) electrons. The summed E-state index contributed by atoms with van der Waals surface area (Å²) in [4.78, 5) is 0. The molecule has 0 spiro atoms. The van der Waals surface area contributed by atoms with Crippen molar-refractivity contribution in [1.29, 1.82) is 0 Å². The van der Waals surface area contributed by atoms with Crippen LogP contribution >= 0.6 is 0 Å². The number of rotatable bonds is 5. The summed E-state index contributed by atoms with van der Waals surface area (Å²) in [5.74, 6) is 2.75. The van der Waals surface area contributed by atoms with Crippen LogP contribution in [0.3, 0.4) is 0 Å². The van der Waals surface area contributed by atoms with Crippen molar-refractivity contribution >= 4 is 5.57 Å². The van der Waals surface area contributed by atoms with Crippen LogP contribution in [0, 0.1) is 0 Å². The molecule has 2 aromatic rings. The molecule has 4 heteroatoms. The molecule has 0 saturated carbocycles. The van der Waals surface area contributed by atoms with Crippen LogP contribution in [0.2, 0.25) is 0 Å². The van der Waals surface area contributed by atoms with Gasteiger partial charge in [-0.15, -0.1) is 0 Å². The molecule has 0 bridgehead atoms. The Morgan fingerprint density at radius 3 is 2.04 bits per heavy atom. The van der Waals surface area contributed by atoms with Gasteiger partial charge in [-0.3, -0.25) is 0 Å². The molecule has 0 aliphatic heterocycles. The fourth-order valence-electron chi connectivity index (χ4n) is 2.94. The molecule has 0 saturated heterocycles. The topological polar surface area (TPSA) is 36.9 Å². The van der Waals surface area contributed by atoms with Crippen molar-refractivity contribution in [3.63, 3.8) is 0 Å². The standard InChI is InChI=1S/C19H20O4/c1-20-14-7-5-12-6-8-15(16(12)11-14)13-9-17(21-2)19(23-4)18(10-13)22-3/h5,7-11H,6H2,1-4H3. The summed E-state index contributed by atoms with van der Waals surface area (Å²) in [7, 11) is 6.54. The molecule has 120 valence electrons. The lowest BCUT2D eigenvalue weighted by atomic mass is 9.98. The molecular weight excluding hydrogens is 292 g/mol. The third-order valence-corrected chi connectivity index (χ3v) is 4.11. The van der Waals surface area contributed by atoms with E-state index in [4.69, 9.17) is 18.9 Å². The molecule has 0 unspecified atom stereocenters. The average molecular weight is 312 g/mol. The van der Waals surface area contributed by atoms with Gasteiger partial charge in [-0.2, -0.15) is 0 Å². The van der Waals surface area contributed by atoms with Gasteiger partial charge < -0.3 is 18.9 Å². The van der Waals surface area contributed by atoms with Gasteiger partial charge in [0.15, 0.2) is 11.5 Å².